The van der Waals surface area contributed by atoms with E-state index in [0.29, 0.717) is 19.3 Å². The molecule has 1 atom stereocenters. The maximum Gasteiger partial charge on any atom is 0.306 e. The van der Waals surface area contributed by atoms with Gasteiger partial charge in [0.05, 0.1) is 0 Å². The lowest BCUT2D eigenvalue weighted by molar-refractivity contribution is -0.166. The molecule has 82 heavy (non-hydrogen) atoms. The Kier molecular flexibility index (Phi) is 64.4. The second-order valence-corrected chi connectivity index (χ2v) is 21.6. The smallest absolute Gasteiger partial charge is 0.306 e. The standard InChI is InChI=1S/C76H122O6/c1-4-7-10-13-16-19-22-25-27-29-31-32-33-34-35-36-37-38-39-40-41-42-43-44-46-47-49-51-54-57-60-63-66-69-75(78)81-72-73(71-80-74(77)68-65-62-59-56-53-24-21-18-15-12-9-6-3)82-76(79)70-67-64-61-58-55-52-50-48-45-30-28-26-23-20-17-14-11-8-5-2/h7-8,10-11,16-17,19-20,25-28,31-32,34-35,37-38,40-41,45,48,52,55,61,64,73H,4-6,9,12-15,18,21-24,29-30,33,36,39,42-44,46-47,49-51,53-54,56-60,62-63,65-72H2,1-3H3/b10-7-,11-8-,19-16-,20-17-,27-25-,28-26-,32-31-,35-34-,38-37-,41-40-,48-45-,55-52-,64-61-. The van der Waals surface area contributed by atoms with Crippen LogP contribution in [0.5, 0.6) is 0 Å². The van der Waals surface area contributed by atoms with E-state index < -0.39 is 12.1 Å². The van der Waals surface area contributed by atoms with Crippen molar-refractivity contribution in [3.05, 3.63) is 158 Å². The quantitative estimate of drug-likeness (QED) is 0.0261. The highest BCUT2D eigenvalue weighted by molar-refractivity contribution is 5.71. The second kappa shape index (κ2) is 68.5. The van der Waals surface area contributed by atoms with Gasteiger partial charge in [-0.25, -0.2) is 0 Å². The normalized spacial score (nSPS) is 13.2. The van der Waals surface area contributed by atoms with Gasteiger partial charge in [0.25, 0.3) is 0 Å². The number of hydrogen-bond donors (Lipinski definition) is 0. The van der Waals surface area contributed by atoms with Gasteiger partial charge < -0.3 is 14.2 Å². The van der Waals surface area contributed by atoms with Crippen LogP contribution in [-0.2, 0) is 28.6 Å². The van der Waals surface area contributed by atoms with Gasteiger partial charge in [0.1, 0.15) is 13.2 Å². The molecular weight excluding hydrogens is 1010 g/mol. The van der Waals surface area contributed by atoms with Gasteiger partial charge in [-0.15, -0.1) is 0 Å². The fourth-order valence-electron chi connectivity index (χ4n) is 8.86. The highest BCUT2D eigenvalue weighted by Crippen LogP contribution is 2.15. The van der Waals surface area contributed by atoms with Crippen LogP contribution in [0, 0.1) is 0 Å². The Morgan fingerprint density at radius 1 is 0.256 bits per heavy atom. The van der Waals surface area contributed by atoms with Crippen molar-refractivity contribution in [3.8, 4) is 0 Å². The molecule has 0 rings (SSSR count). The second-order valence-electron chi connectivity index (χ2n) is 21.6. The third-order valence-corrected chi connectivity index (χ3v) is 13.8. The zero-order valence-electron chi connectivity index (χ0n) is 52.9. The van der Waals surface area contributed by atoms with E-state index in [4.69, 9.17) is 14.2 Å². The van der Waals surface area contributed by atoms with Crippen LogP contribution < -0.4 is 0 Å². The van der Waals surface area contributed by atoms with Crippen molar-refractivity contribution in [1.29, 1.82) is 0 Å². The first kappa shape index (κ1) is 77.0. The van der Waals surface area contributed by atoms with E-state index in [2.05, 4.69) is 173 Å². The molecule has 0 aromatic rings. The Morgan fingerprint density at radius 3 is 0.793 bits per heavy atom. The van der Waals surface area contributed by atoms with E-state index in [0.717, 1.165) is 122 Å². The van der Waals surface area contributed by atoms with Crippen molar-refractivity contribution in [2.24, 2.45) is 0 Å². The van der Waals surface area contributed by atoms with Crippen LogP contribution in [0.25, 0.3) is 0 Å². The molecule has 0 amide bonds. The lowest BCUT2D eigenvalue weighted by Crippen LogP contribution is -2.30. The lowest BCUT2D eigenvalue weighted by atomic mass is 10.0. The van der Waals surface area contributed by atoms with Crippen molar-refractivity contribution < 1.29 is 28.6 Å². The van der Waals surface area contributed by atoms with Crippen LogP contribution in [-0.4, -0.2) is 37.2 Å². The monoisotopic (exact) mass is 1130 g/mol. The van der Waals surface area contributed by atoms with E-state index in [1.807, 2.05) is 6.08 Å². The topological polar surface area (TPSA) is 78.9 Å². The summed E-state index contributed by atoms with van der Waals surface area (Å²) in [6, 6.07) is 0. The van der Waals surface area contributed by atoms with Crippen molar-refractivity contribution in [2.75, 3.05) is 13.2 Å². The van der Waals surface area contributed by atoms with Crippen LogP contribution in [0.1, 0.15) is 284 Å². The number of unbranched alkanes of at least 4 members (excludes halogenated alkanes) is 22. The van der Waals surface area contributed by atoms with E-state index in [-0.39, 0.29) is 31.6 Å². The molecule has 6 nitrogen and oxygen atoms in total. The van der Waals surface area contributed by atoms with Crippen LogP contribution in [0.2, 0.25) is 0 Å². The molecule has 0 aliphatic carbocycles. The minimum atomic E-state index is -0.825. The Labute approximate surface area is 505 Å². The number of carbonyl (C=O) groups excluding carboxylic acids is 3. The van der Waals surface area contributed by atoms with Crippen LogP contribution in [0.15, 0.2) is 158 Å². The molecule has 0 saturated carbocycles. The number of esters is 3. The molecule has 1 unspecified atom stereocenters. The lowest BCUT2D eigenvalue weighted by Gasteiger charge is -2.18. The summed E-state index contributed by atoms with van der Waals surface area (Å²) in [7, 11) is 0. The number of allylic oxidation sites excluding steroid dienone is 26. The fraction of sp³-hybridized carbons (Fsp3) is 0.618. The number of rotatable bonds is 59. The van der Waals surface area contributed by atoms with Crippen molar-refractivity contribution in [1.82, 2.24) is 0 Å². The molecule has 0 spiro atoms. The first-order chi connectivity index (χ1) is 40.5. The van der Waals surface area contributed by atoms with Crippen molar-refractivity contribution >= 4 is 17.9 Å². The van der Waals surface area contributed by atoms with Gasteiger partial charge in [0.2, 0.25) is 0 Å². The molecule has 0 N–H and O–H groups in total. The fourth-order valence-corrected chi connectivity index (χ4v) is 8.86. The zero-order chi connectivity index (χ0) is 59.2. The average molecular weight is 1130 g/mol. The highest BCUT2D eigenvalue weighted by Gasteiger charge is 2.19. The Morgan fingerprint density at radius 2 is 0.500 bits per heavy atom. The maximum atomic E-state index is 12.9. The molecule has 0 aliphatic rings. The average Bonchev–Trinajstić information content (AvgIpc) is 3.47. The minimum Gasteiger partial charge on any atom is -0.462 e. The van der Waals surface area contributed by atoms with Crippen LogP contribution in [0.4, 0.5) is 0 Å². The Hall–Kier alpha value is -4.97. The van der Waals surface area contributed by atoms with Gasteiger partial charge >= 0.3 is 17.9 Å². The number of ether oxygens (including phenoxy) is 3. The minimum absolute atomic E-state index is 0.111. The molecule has 0 heterocycles. The molecule has 0 radical (unpaired) electrons. The summed E-state index contributed by atoms with van der Waals surface area (Å²) in [5, 5.41) is 0. The summed E-state index contributed by atoms with van der Waals surface area (Å²) in [6.07, 6.45) is 99.9. The summed E-state index contributed by atoms with van der Waals surface area (Å²) in [5.74, 6) is -0.999. The third-order valence-electron chi connectivity index (χ3n) is 13.8. The SMILES string of the molecule is CC/C=C\C/C=C\C/C=C\C/C=C\C/C=C\C/C=C\C/C=C\CCCCCCCCCCCCCC(=O)OCC(COC(=O)CCCCCCCCCCCCCC)OC(=O)CC/C=C\C/C=C\C/C=C\C/C=C\C/C=C\C/C=C\CC. The summed E-state index contributed by atoms with van der Waals surface area (Å²) < 4.78 is 16.8. The van der Waals surface area contributed by atoms with Gasteiger partial charge in [-0.3, -0.25) is 14.4 Å². The summed E-state index contributed by atoms with van der Waals surface area (Å²) in [6.45, 7) is 6.35. The van der Waals surface area contributed by atoms with Crippen LogP contribution in [0.3, 0.4) is 0 Å². The summed E-state index contributed by atoms with van der Waals surface area (Å²) >= 11 is 0. The summed E-state index contributed by atoms with van der Waals surface area (Å²) in [5.41, 5.74) is 0. The van der Waals surface area contributed by atoms with Crippen molar-refractivity contribution in [3.63, 3.8) is 0 Å². The predicted molar refractivity (Wildman–Crippen MR) is 357 cm³/mol. The van der Waals surface area contributed by atoms with Gasteiger partial charge in [0.15, 0.2) is 6.10 Å². The third kappa shape index (κ3) is 65.8. The number of carbonyl (C=O) groups is 3. The molecule has 462 valence electrons. The van der Waals surface area contributed by atoms with Crippen LogP contribution >= 0.6 is 0 Å². The molecule has 0 saturated heterocycles. The molecule has 0 aromatic carbocycles. The number of hydrogen-bond acceptors (Lipinski definition) is 6. The Balaban J connectivity index is 4.33. The maximum absolute atomic E-state index is 12.9. The molecule has 0 fully saturated rings. The molecule has 6 heteroatoms. The first-order valence-corrected chi connectivity index (χ1v) is 33.5. The Bertz CT molecular complexity index is 1830. The molecule has 0 aromatic heterocycles. The van der Waals surface area contributed by atoms with E-state index >= 15 is 0 Å². The largest absolute Gasteiger partial charge is 0.462 e. The summed E-state index contributed by atoms with van der Waals surface area (Å²) in [4.78, 5) is 38.3. The predicted octanol–water partition coefficient (Wildman–Crippen LogP) is 23.3. The van der Waals surface area contributed by atoms with Gasteiger partial charge in [-0.2, -0.15) is 0 Å². The molecule has 0 aliphatic heterocycles. The van der Waals surface area contributed by atoms with Gasteiger partial charge in [-0.05, 0) is 116 Å². The van der Waals surface area contributed by atoms with E-state index in [1.165, 1.54) is 116 Å². The van der Waals surface area contributed by atoms with Gasteiger partial charge in [0, 0.05) is 19.3 Å². The molecule has 0 bridgehead atoms. The highest BCUT2D eigenvalue weighted by atomic mass is 16.6. The zero-order valence-corrected chi connectivity index (χ0v) is 52.9. The molecular formula is C76H122O6. The van der Waals surface area contributed by atoms with E-state index in [9.17, 15) is 14.4 Å². The van der Waals surface area contributed by atoms with E-state index in [1.54, 1.807) is 0 Å². The first-order valence-electron chi connectivity index (χ1n) is 33.5. The van der Waals surface area contributed by atoms with Crippen molar-refractivity contribution in [2.45, 2.75) is 290 Å². The van der Waals surface area contributed by atoms with Gasteiger partial charge in [-0.1, -0.05) is 307 Å².